The maximum atomic E-state index is 13.2. The lowest BCUT2D eigenvalue weighted by Crippen LogP contribution is -2.47. The summed E-state index contributed by atoms with van der Waals surface area (Å²) >= 11 is 0. The van der Waals surface area contributed by atoms with Gasteiger partial charge in [0.25, 0.3) is 5.91 Å². The Bertz CT molecular complexity index is 1110. The molecule has 2 aliphatic rings. The number of allylic oxidation sites excluding steroid dienone is 1. The van der Waals surface area contributed by atoms with Gasteiger partial charge >= 0.3 is 0 Å². The SMILES string of the molecule is Cc1ccc2[nH]c(C(=O)NC(CCC3CC3)C(=O)NCC3=CCC(CN(C)C)C=C3)c(C)c2c1. The molecular weight excluding hydrogens is 424 g/mol. The van der Waals surface area contributed by atoms with Gasteiger partial charge in [0.1, 0.15) is 11.7 Å². The van der Waals surface area contributed by atoms with E-state index in [1.807, 2.05) is 26.0 Å². The van der Waals surface area contributed by atoms with Gasteiger partial charge in [0.2, 0.25) is 5.91 Å². The largest absolute Gasteiger partial charge is 0.350 e. The Morgan fingerprint density at radius 1 is 1.21 bits per heavy atom. The van der Waals surface area contributed by atoms with E-state index in [9.17, 15) is 9.59 Å². The standard InChI is InChI=1S/C28H38N4O2/c1-18-5-13-24-23(15-18)19(2)26(30-24)28(34)31-25(14-12-20-6-7-20)27(33)29-16-21-8-10-22(11-9-21)17-32(3)4/h5,8-10,13,15,20,22,25,30H,6-7,11-12,14,16-17H2,1-4H3,(H,29,33)(H,31,34). The van der Waals surface area contributed by atoms with Crippen LogP contribution in [0.15, 0.2) is 42.0 Å². The molecule has 4 rings (SSSR count). The Kier molecular flexibility index (Phi) is 7.57. The fourth-order valence-electron chi connectivity index (χ4n) is 4.73. The monoisotopic (exact) mass is 462 g/mol. The van der Waals surface area contributed by atoms with Crippen LogP contribution in [0.4, 0.5) is 0 Å². The van der Waals surface area contributed by atoms with E-state index in [1.165, 1.54) is 12.8 Å². The number of aromatic nitrogens is 1. The van der Waals surface area contributed by atoms with Gasteiger partial charge in [-0.3, -0.25) is 9.59 Å². The number of nitrogens with zero attached hydrogens (tertiary/aromatic N) is 1. The molecule has 1 aromatic heterocycles. The van der Waals surface area contributed by atoms with Gasteiger partial charge in [-0.15, -0.1) is 0 Å². The van der Waals surface area contributed by atoms with Crippen molar-refractivity contribution >= 4 is 22.7 Å². The van der Waals surface area contributed by atoms with Crippen molar-refractivity contribution in [3.05, 3.63) is 58.8 Å². The highest BCUT2D eigenvalue weighted by Gasteiger charge is 2.28. The van der Waals surface area contributed by atoms with E-state index in [-0.39, 0.29) is 11.8 Å². The first-order chi connectivity index (χ1) is 16.3. The van der Waals surface area contributed by atoms with Gasteiger partial charge in [-0.25, -0.2) is 0 Å². The summed E-state index contributed by atoms with van der Waals surface area (Å²) in [5, 5.41) is 7.14. The molecule has 34 heavy (non-hydrogen) atoms. The van der Waals surface area contributed by atoms with Crippen molar-refractivity contribution in [1.29, 1.82) is 0 Å². The van der Waals surface area contributed by atoms with Gasteiger partial charge in [0, 0.05) is 24.0 Å². The number of fused-ring (bicyclic) bond motifs is 1. The smallest absolute Gasteiger partial charge is 0.268 e. The average molecular weight is 463 g/mol. The van der Waals surface area contributed by atoms with Gasteiger partial charge < -0.3 is 20.5 Å². The number of rotatable bonds is 10. The zero-order valence-electron chi connectivity index (χ0n) is 20.9. The molecule has 0 bridgehead atoms. The second kappa shape index (κ2) is 10.6. The van der Waals surface area contributed by atoms with Crippen LogP contribution in [0.1, 0.15) is 53.7 Å². The van der Waals surface area contributed by atoms with Crippen LogP contribution in [0.2, 0.25) is 0 Å². The third kappa shape index (κ3) is 6.17. The normalized spacial score (nSPS) is 18.7. The summed E-state index contributed by atoms with van der Waals surface area (Å²) in [6.45, 7) is 5.51. The summed E-state index contributed by atoms with van der Waals surface area (Å²) < 4.78 is 0. The molecule has 0 saturated heterocycles. The molecule has 6 heteroatoms. The number of hydrogen-bond donors (Lipinski definition) is 3. The van der Waals surface area contributed by atoms with Gasteiger partial charge in [-0.05, 0) is 82.3 Å². The number of aromatic amines is 1. The molecule has 2 atom stereocenters. The maximum Gasteiger partial charge on any atom is 0.268 e. The topological polar surface area (TPSA) is 77.2 Å². The highest BCUT2D eigenvalue weighted by Crippen LogP contribution is 2.34. The Labute approximate surface area is 202 Å². The van der Waals surface area contributed by atoms with Crippen molar-refractivity contribution in [3.8, 4) is 0 Å². The quantitative estimate of drug-likeness (QED) is 0.494. The maximum absolute atomic E-state index is 13.2. The number of amides is 2. The first-order valence-corrected chi connectivity index (χ1v) is 12.5. The summed E-state index contributed by atoms with van der Waals surface area (Å²) in [6, 6.07) is 5.59. The van der Waals surface area contributed by atoms with Crippen molar-refractivity contribution < 1.29 is 9.59 Å². The van der Waals surface area contributed by atoms with Crippen molar-refractivity contribution in [2.24, 2.45) is 11.8 Å². The molecule has 0 spiro atoms. The lowest BCUT2D eigenvalue weighted by molar-refractivity contribution is -0.123. The van der Waals surface area contributed by atoms with Gasteiger partial charge in [-0.1, -0.05) is 42.7 Å². The molecule has 1 saturated carbocycles. The van der Waals surface area contributed by atoms with Gasteiger partial charge in [0.15, 0.2) is 0 Å². The number of aryl methyl sites for hydroxylation is 2. The minimum Gasteiger partial charge on any atom is -0.350 e. The molecule has 1 fully saturated rings. The van der Waals surface area contributed by atoms with Crippen LogP contribution in [0, 0.1) is 25.7 Å². The van der Waals surface area contributed by atoms with E-state index in [4.69, 9.17) is 0 Å². The molecule has 3 N–H and O–H groups in total. The number of H-pyrrole nitrogens is 1. The van der Waals surface area contributed by atoms with E-state index in [0.29, 0.717) is 30.5 Å². The molecule has 0 radical (unpaired) electrons. The third-order valence-corrected chi connectivity index (χ3v) is 6.95. The van der Waals surface area contributed by atoms with E-state index < -0.39 is 6.04 Å². The minimum atomic E-state index is -0.532. The summed E-state index contributed by atoms with van der Waals surface area (Å²) in [6.07, 6.45) is 11.6. The molecule has 1 heterocycles. The Hall–Kier alpha value is -2.86. The van der Waals surface area contributed by atoms with Crippen LogP contribution in [0.3, 0.4) is 0 Å². The Morgan fingerprint density at radius 2 is 2.00 bits per heavy atom. The molecule has 2 amide bonds. The van der Waals surface area contributed by atoms with Crippen LogP contribution >= 0.6 is 0 Å². The van der Waals surface area contributed by atoms with Crippen LogP contribution in [0.5, 0.6) is 0 Å². The number of benzene rings is 1. The van der Waals surface area contributed by atoms with Gasteiger partial charge in [-0.2, -0.15) is 0 Å². The zero-order valence-corrected chi connectivity index (χ0v) is 20.9. The molecule has 2 aliphatic carbocycles. The van der Waals surface area contributed by atoms with Crippen LogP contribution in [-0.2, 0) is 4.79 Å². The van der Waals surface area contributed by atoms with E-state index in [1.54, 1.807) is 0 Å². The van der Waals surface area contributed by atoms with Crippen LogP contribution in [0.25, 0.3) is 10.9 Å². The molecular formula is C28H38N4O2. The summed E-state index contributed by atoms with van der Waals surface area (Å²) in [7, 11) is 4.17. The predicted octanol–water partition coefficient (Wildman–Crippen LogP) is 4.25. The molecule has 2 aromatic rings. The van der Waals surface area contributed by atoms with Crippen molar-refractivity contribution in [3.63, 3.8) is 0 Å². The first-order valence-electron chi connectivity index (χ1n) is 12.5. The average Bonchev–Trinajstić information content (AvgIpc) is 3.58. The predicted molar refractivity (Wildman–Crippen MR) is 138 cm³/mol. The second-order valence-corrected chi connectivity index (χ2v) is 10.3. The summed E-state index contributed by atoms with van der Waals surface area (Å²) in [5.41, 5.74) is 4.67. The first kappa shape index (κ1) is 24.3. The second-order valence-electron chi connectivity index (χ2n) is 10.3. The molecule has 6 nitrogen and oxygen atoms in total. The Morgan fingerprint density at radius 3 is 2.68 bits per heavy atom. The minimum absolute atomic E-state index is 0.108. The lowest BCUT2D eigenvalue weighted by atomic mass is 9.96. The number of carbonyl (C=O) groups excluding carboxylic acids is 2. The van der Waals surface area contributed by atoms with Crippen molar-refractivity contribution in [2.75, 3.05) is 27.2 Å². The van der Waals surface area contributed by atoms with E-state index >= 15 is 0 Å². The van der Waals surface area contributed by atoms with Crippen LogP contribution in [-0.4, -0.2) is 54.9 Å². The number of nitrogens with one attached hydrogen (secondary N) is 3. The molecule has 182 valence electrons. The van der Waals surface area contributed by atoms with Crippen LogP contribution < -0.4 is 10.6 Å². The third-order valence-electron chi connectivity index (χ3n) is 6.95. The fraction of sp³-hybridized carbons (Fsp3) is 0.500. The zero-order chi connectivity index (χ0) is 24.2. The number of carbonyl (C=O) groups is 2. The van der Waals surface area contributed by atoms with Crippen molar-refractivity contribution in [1.82, 2.24) is 20.5 Å². The Balaban J connectivity index is 1.39. The van der Waals surface area contributed by atoms with E-state index in [0.717, 1.165) is 47.0 Å². The van der Waals surface area contributed by atoms with Gasteiger partial charge in [0.05, 0.1) is 0 Å². The van der Waals surface area contributed by atoms with Crippen molar-refractivity contribution in [2.45, 2.75) is 52.0 Å². The fourth-order valence-corrected chi connectivity index (χ4v) is 4.73. The van der Waals surface area contributed by atoms with E-state index in [2.05, 4.69) is 58.9 Å². The summed E-state index contributed by atoms with van der Waals surface area (Å²) in [5.74, 6) is 0.889. The highest BCUT2D eigenvalue weighted by atomic mass is 16.2. The summed E-state index contributed by atoms with van der Waals surface area (Å²) in [4.78, 5) is 31.7. The molecule has 0 aliphatic heterocycles. The highest BCUT2D eigenvalue weighted by molar-refractivity contribution is 6.02. The lowest BCUT2D eigenvalue weighted by Gasteiger charge is -2.21. The molecule has 1 aromatic carbocycles. The number of hydrogen-bond acceptors (Lipinski definition) is 3. The molecule has 2 unspecified atom stereocenters.